The van der Waals surface area contributed by atoms with Gasteiger partial charge in [0, 0.05) is 11.8 Å². The normalized spacial score (nSPS) is 11.7. The molecular weight excluding hydrogens is 285 g/mol. The first-order valence-corrected chi connectivity index (χ1v) is 6.41. The highest BCUT2D eigenvalue weighted by molar-refractivity contribution is 6.35. The van der Waals surface area contributed by atoms with Crippen molar-refractivity contribution in [2.45, 2.75) is 20.8 Å². The molecule has 0 aliphatic rings. The lowest BCUT2D eigenvalue weighted by atomic mass is 10.2. The fraction of sp³-hybridized carbons (Fsp3) is 0.231. The Labute approximate surface area is 121 Å². The quantitative estimate of drug-likeness (QED) is 0.673. The minimum absolute atomic E-state index is 0.421. The van der Waals surface area contributed by atoms with Crippen LogP contribution in [0.2, 0.25) is 10.0 Å². The summed E-state index contributed by atoms with van der Waals surface area (Å²) in [5.41, 5.74) is 4.57. The van der Waals surface area contributed by atoms with Crippen molar-refractivity contribution in [3.63, 3.8) is 0 Å². The van der Waals surface area contributed by atoms with Gasteiger partial charge in [0.15, 0.2) is 5.82 Å². The summed E-state index contributed by atoms with van der Waals surface area (Å²) in [6.45, 7) is 5.68. The van der Waals surface area contributed by atoms with Gasteiger partial charge >= 0.3 is 0 Å². The third-order valence-electron chi connectivity index (χ3n) is 2.57. The van der Waals surface area contributed by atoms with Gasteiger partial charge < -0.3 is 4.42 Å². The van der Waals surface area contributed by atoms with Gasteiger partial charge in [-0.3, -0.25) is 5.43 Å². The zero-order valence-electron chi connectivity index (χ0n) is 10.8. The van der Waals surface area contributed by atoms with Crippen molar-refractivity contribution in [2.75, 3.05) is 5.43 Å². The van der Waals surface area contributed by atoms with Crippen LogP contribution in [0.3, 0.4) is 0 Å². The lowest BCUT2D eigenvalue weighted by Crippen LogP contribution is -2.01. The second-order valence-electron chi connectivity index (χ2n) is 4.12. The van der Waals surface area contributed by atoms with Crippen molar-refractivity contribution in [1.82, 2.24) is 4.98 Å². The molecule has 0 aromatic carbocycles. The maximum atomic E-state index is 6.00. The molecule has 0 bridgehead atoms. The van der Waals surface area contributed by atoms with Gasteiger partial charge in [-0.15, -0.1) is 0 Å². The van der Waals surface area contributed by atoms with Crippen LogP contribution in [0.1, 0.15) is 24.0 Å². The number of hydrazone groups is 1. The molecule has 0 fully saturated rings. The number of rotatable bonds is 3. The molecule has 2 rings (SSSR count). The summed E-state index contributed by atoms with van der Waals surface area (Å²) < 4.78 is 5.46. The molecule has 1 N–H and O–H groups in total. The van der Waals surface area contributed by atoms with Gasteiger partial charge in [0.2, 0.25) is 0 Å². The molecule has 2 aromatic rings. The molecule has 2 heterocycles. The van der Waals surface area contributed by atoms with E-state index in [4.69, 9.17) is 27.6 Å². The average Bonchev–Trinajstić information content (AvgIpc) is 2.67. The van der Waals surface area contributed by atoms with E-state index in [1.54, 1.807) is 6.07 Å². The number of furan rings is 1. The summed E-state index contributed by atoms with van der Waals surface area (Å²) in [5, 5.41) is 5.15. The molecule has 0 radical (unpaired) electrons. The van der Waals surface area contributed by atoms with Gasteiger partial charge in [-0.25, -0.2) is 4.98 Å². The smallest absolute Gasteiger partial charge is 0.165 e. The predicted molar refractivity (Wildman–Crippen MR) is 78.3 cm³/mol. The first-order valence-electron chi connectivity index (χ1n) is 5.66. The van der Waals surface area contributed by atoms with Crippen molar-refractivity contribution in [3.05, 3.63) is 45.5 Å². The summed E-state index contributed by atoms with van der Waals surface area (Å²) in [6.07, 6.45) is 1.51. The summed E-state index contributed by atoms with van der Waals surface area (Å²) in [6, 6.07) is 3.54. The molecule has 19 heavy (non-hydrogen) atoms. The maximum Gasteiger partial charge on any atom is 0.165 e. The SMILES string of the molecule is C/C(=N/Nc1ncc(Cl)cc1Cl)c1cc(C)oc1C. The van der Waals surface area contributed by atoms with Crippen LogP contribution >= 0.6 is 23.2 Å². The Bertz CT molecular complexity index is 635. The number of aryl methyl sites for hydroxylation is 2. The number of anilines is 1. The van der Waals surface area contributed by atoms with Gasteiger partial charge in [-0.2, -0.15) is 5.10 Å². The van der Waals surface area contributed by atoms with Crippen LogP contribution in [0, 0.1) is 13.8 Å². The van der Waals surface area contributed by atoms with E-state index in [2.05, 4.69) is 15.5 Å². The number of aromatic nitrogens is 1. The summed E-state index contributed by atoms with van der Waals surface area (Å²) in [7, 11) is 0. The molecule has 0 unspecified atom stereocenters. The van der Waals surface area contributed by atoms with Gasteiger partial charge in [0.25, 0.3) is 0 Å². The third kappa shape index (κ3) is 3.28. The molecule has 4 nitrogen and oxygen atoms in total. The molecule has 0 amide bonds. The van der Waals surface area contributed by atoms with Crippen LogP contribution in [-0.2, 0) is 0 Å². The molecule has 0 atom stereocenters. The van der Waals surface area contributed by atoms with E-state index in [-0.39, 0.29) is 0 Å². The Morgan fingerprint density at radius 3 is 2.63 bits per heavy atom. The molecule has 6 heteroatoms. The summed E-state index contributed by atoms with van der Waals surface area (Å²) in [5.74, 6) is 2.14. The average molecular weight is 298 g/mol. The van der Waals surface area contributed by atoms with Crippen LogP contribution in [-0.4, -0.2) is 10.7 Å². The van der Waals surface area contributed by atoms with Gasteiger partial charge in [0.1, 0.15) is 11.5 Å². The second kappa shape index (κ2) is 5.63. The highest BCUT2D eigenvalue weighted by atomic mass is 35.5. The lowest BCUT2D eigenvalue weighted by Gasteiger charge is -2.04. The fourth-order valence-electron chi connectivity index (χ4n) is 1.68. The van der Waals surface area contributed by atoms with Gasteiger partial charge in [-0.1, -0.05) is 23.2 Å². The Kier molecular flexibility index (Phi) is 4.12. The molecule has 0 saturated heterocycles. The van der Waals surface area contributed by atoms with Crippen LogP contribution in [0.15, 0.2) is 27.8 Å². The van der Waals surface area contributed by atoms with Crippen LogP contribution in [0.5, 0.6) is 0 Å². The van der Waals surface area contributed by atoms with E-state index in [1.807, 2.05) is 26.8 Å². The van der Waals surface area contributed by atoms with Crippen molar-refractivity contribution < 1.29 is 4.42 Å². The van der Waals surface area contributed by atoms with Crippen molar-refractivity contribution in [1.29, 1.82) is 0 Å². The number of nitrogens with zero attached hydrogens (tertiary/aromatic N) is 2. The van der Waals surface area contributed by atoms with E-state index in [1.165, 1.54) is 6.20 Å². The molecule has 0 saturated carbocycles. The number of hydrogen-bond acceptors (Lipinski definition) is 4. The number of nitrogens with one attached hydrogen (secondary N) is 1. The van der Waals surface area contributed by atoms with Crippen LogP contribution < -0.4 is 5.43 Å². The molecule has 100 valence electrons. The Morgan fingerprint density at radius 1 is 1.32 bits per heavy atom. The molecular formula is C13H13Cl2N3O. The third-order valence-corrected chi connectivity index (χ3v) is 3.06. The maximum absolute atomic E-state index is 6.00. The Balaban J connectivity index is 2.20. The van der Waals surface area contributed by atoms with Crippen molar-refractivity contribution in [2.24, 2.45) is 5.10 Å². The van der Waals surface area contributed by atoms with E-state index >= 15 is 0 Å². The fourth-order valence-corrected chi connectivity index (χ4v) is 2.11. The second-order valence-corrected chi connectivity index (χ2v) is 4.96. The minimum Gasteiger partial charge on any atom is -0.466 e. The monoisotopic (exact) mass is 297 g/mol. The van der Waals surface area contributed by atoms with Crippen molar-refractivity contribution in [3.8, 4) is 0 Å². The van der Waals surface area contributed by atoms with E-state index < -0.39 is 0 Å². The van der Waals surface area contributed by atoms with E-state index in [0.717, 1.165) is 22.8 Å². The van der Waals surface area contributed by atoms with Gasteiger partial charge in [-0.05, 0) is 32.9 Å². The number of pyridine rings is 1. The first kappa shape index (κ1) is 13.9. The highest BCUT2D eigenvalue weighted by Crippen LogP contribution is 2.22. The van der Waals surface area contributed by atoms with Gasteiger partial charge in [0.05, 0.1) is 15.8 Å². The molecule has 0 spiro atoms. The van der Waals surface area contributed by atoms with Crippen LogP contribution in [0.4, 0.5) is 5.82 Å². The largest absolute Gasteiger partial charge is 0.466 e. The number of halogens is 2. The van der Waals surface area contributed by atoms with E-state index in [0.29, 0.717) is 15.9 Å². The number of hydrogen-bond donors (Lipinski definition) is 1. The highest BCUT2D eigenvalue weighted by Gasteiger charge is 2.08. The molecule has 0 aliphatic heterocycles. The lowest BCUT2D eigenvalue weighted by molar-refractivity contribution is 0.504. The van der Waals surface area contributed by atoms with E-state index in [9.17, 15) is 0 Å². The topological polar surface area (TPSA) is 50.4 Å². The first-order chi connectivity index (χ1) is 8.97. The van der Waals surface area contributed by atoms with Crippen molar-refractivity contribution >= 4 is 34.7 Å². The molecule has 2 aromatic heterocycles. The Morgan fingerprint density at radius 2 is 2.05 bits per heavy atom. The summed E-state index contributed by atoms with van der Waals surface area (Å²) in [4.78, 5) is 4.07. The summed E-state index contributed by atoms with van der Waals surface area (Å²) >= 11 is 11.8. The zero-order valence-corrected chi connectivity index (χ0v) is 12.3. The zero-order chi connectivity index (χ0) is 14.0. The Hall–Kier alpha value is -1.52. The predicted octanol–water partition coefficient (Wildman–Crippen LogP) is 4.43. The van der Waals surface area contributed by atoms with Crippen LogP contribution in [0.25, 0.3) is 0 Å². The molecule has 0 aliphatic carbocycles. The minimum atomic E-state index is 0.421. The standard InChI is InChI=1S/C13H13Cl2N3O/c1-7-4-11(9(3)19-7)8(2)17-18-13-12(15)5-10(14)6-16-13/h4-6H,1-3H3,(H,16,18)/b17-8-.